The summed E-state index contributed by atoms with van der Waals surface area (Å²) >= 11 is 0. The Morgan fingerprint density at radius 2 is 2.09 bits per heavy atom. The Labute approximate surface area is 75.4 Å². The van der Waals surface area contributed by atoms with Gasteiger partial charge in [-0.05, 0) is 25.3 Å². The van der Waals surface area contributed by atoms with Crippen molar-refractivity contribution in [2.24, 2.45) is 0 Å². The van der Waals surface area contributed by atoms with E-state index in [2.05, 4.69) is 31.0 Å². The summed E-state index contributed by atoms with van der Waals surface area (Å²) in [6.45, 7) is 4.93. The third-order valence-corrected chi connectivity index (χ3v) is 5.53. The third kappa shape index (κ3) is 7.00. The molecule has 0 fully saturated rings. The second kappa shape index (κ2) is 6.17. The molecule has 0 aromatic carbocycles. The van der Waals surface area contributed by atoms with Crippen LogP contribution in [0.4, 0.5) is 0 Å². The van der Waals surface area contributed by atoms with E-state index >= 15 is 0 Å². The maximum absolute atomic E-state index is 5.66. The van der Waals surface area contributed by atoms with Crippen LogP contribution in [0.2, 0.25) is 0 Å². The number of hydrogen-bond acceptors (Lipinski definition) is 3. The van der Waals surface area contributed by atoms with Gasteiger partial charge in [0.15, 0.2) is 0 Å². The molecule has 0 heterocycles. The van der Waals surface area contributed by atoms with Crippen LogP contribution < -0.4 is 5.32 Å². The molecule has 0 radical (unpaired) electrons. The van der Waals surface area contributed by atoms with Crippen LogP contribution in [0.5, 0.6) is 0 Å². The van der Waals surface area contributed by atoms with Gasteiger partial charge in [-0.1, -0.05) is 27.1 Å². The van der Waals surface area contributed by atoms with Gasteiger partial charge in [-0.15, -0.1) is 0 Å². The summed E-state index contributed by atoms with van der Waals surface area (Å²) < 4.78 is 5.66. The summed E-state index contributed by atoms with van der Waals surface area (Å²) in [6, 6.07) is 0. The zero-order chi connectivity index (χ0) is 8.74. The van der Waals surface area contributed by atoms with Crippen LogP contribution in [0.3, 0.4) is 0 Å². The van der Waals surface area contributed by atoms with Crippen molar-refractivity contribution in [3.63, 3.8) is 0 Å². The maximum Gasteiger partial charge on any atom is 0.0726 e. The highest BCUT2D eigenvalue weighted by molar-refractivity contribution is 8.91. The molecule has 0 aliphatic heterocycles. The van der Waals surface area contributed by atoms with Crippen molar-refractivity contribution in [2.75, 3.05) is 38.5 Å². The van der Waals surface area contributed by atoms with Gasteiger partial charge in [-0.2, -0.15) is 0 Å². The number of nitrogens with one attached hydrogen (secondary N) is 1. The van der Waals surface area contributed by atoms with Gasteiger partial charge in [-0.25, -0.2) is 0 Å². The van der Waals surface area contributed by atoms with Gasteiger partial charge in [-0.3, -0.25) is 0 Å². The molecule has 4 heteroatoms. The van der Waals surface area contributed by atoms with Crippen molar-refractivity contribution >= 4 is 20.1 Å². The first kappa shape index (κ1) is 11.6. The summed E-state index contributed by atoms with van der Waals surface area (Å²) in [7, 11) is 0.995. The van der Waals surface area contributed by atoms with Crippen molar-refractivity contribution in [1.29, 1.82) is 0 Å². The number of rotatable bonds is 6. The fourth-order valence-electron chi connectivity index (χ4n) is 0.539. The zero-order valence-corrected chi connectivity index (χ0v) is 9.48. The van der Waals surface area contributed by atoms with Crippen molar-refractivity contribution in [1.82, 2.24) is 5.32 Å². The van der Waals surface area contributed by atoms with Gasteiger partial charge in [0.05, 0.1) is 6.61 Å². The molecule has 0 atom stereocenters. The molecule has 1 N–H and O–H groups in total. The summed E-state index contributed by atoms with van der Waals surface area (Å²) in [5, 5.41) is 3.22. The number of likely N-dealkylation sites (N-methyl/N-ethyl adjacent to an activating group) is 1. The van der Waals surface area contributed by atoms with E-state index in [1.807, 2.05) is 10.8 Å². The zero-order valence-electron chi connectivity index (χ0n) is 7.85. The van der Waals surface area contributed by atoms with Gasteiger partial charge < -0.3 is 9.50 Å². The van der Waals surface area contributed by atoms with Crippen molar-refractivity contribution in [3.8, 4) is 0 Å². The van der Waals surface area contributed by atoms with Gasteiger partial charge in [0.25, 0.3) is 0 Å². The molecule has 2 nitrogen and oxygen atoms in total. The molecule has 0 bridgehead atoms. The van der Waals surface area contributed by atoms with Gasteiger partial charge in [0.1, 0.15) is 0 Å². The first-order valence-electron chi connectivity index (χ1n) is 3.76. The van der Waals surface area contributed by atoms with E-state index in [9.17, 15) is 0 Å². The monoisotopic (exact) mass is 197 g/mol. The SMILES string of the molecule is CCNCCOS(C)(C)SC. The minimum absolute atomic E-state index is 0.823. The Hall–Kier alpha value is 0.620. The molecule has 0 unspecified atom stereocenters. The highest BCUT2D eigenvalue weighted by atomic mass is 33.2. The number of hydrogen-bond donors (Lipinski definition) is 1. The quantitative estimate of drug-likeness (QED) is 0.519. The Morgan fingerprint density at radius 3 is 2.55 bits per heavy atom. The Bertz CT molecular complexity index is 98.4. The molecule has 0 saturated carbocycles. The Balaban J connectivity index is 3.23. The molecule has 0 aromatic heterocycles. The minimum Gasteiger partial charge on any atom is -0.326 e. The summed E-state index contributed by atoms with van der Waals surface area (Å²) in [6.07, 6.45) is 6.44. The molecule has 11 heavy (non-hydrogen) atoms. The lowest BCUT2D eigenvalue weighted by molar-refractivity contribution is 0.362. The van der Waals surface area contributed by atoms with E-state index < -0.39 is 9.34 Å². The first-order chi connectivity index (χ1) is 5.12. The molecular formula is C7H19NOS2. The largest absolute Gasteiger partial charge is 0.326 e. The highest BCUT2D eigenvalue weighted by Gasteiger charge is 2.08. The fourth-order valence-corrected chi connectivity index (χ4v) is 1.61. The average molecular weight is 197 g/mol. The molecular weight excluding hydrogens is 178 g/mol. The van der Waals surface area contributed by atoms with E-state index in [-0.39, 0.29) is 0 Å². The second-order valence-electron chi connectivity index (χ2n) is 2.49. The summed E-state index contributed by atoms with van der Waals surface area (Å²) in [5.74, 6) is 0. The second-order valence-corrected chi connectivity index (χ2v) is 8.75. The van der Waals surface area contributed by atoms with E-state index in [4.69, 9.17) is 4.18 Å². The summed E-state index contributed by atoms with van der Waals surface area (Å²) in [4.78, 5) is 0. The van der Waals surface area contributed by atoms with Crippen LogP contribution in [-0.2, 0) is 4.18 Å². The smallest absolute Gasteiger partial charge is 0.0726 e. The minimum atomic E-state index is -0.823. The predicted octanol–water partition coefficient (Wildman–Crippen LogP) is 1.87. The van der Waals surface area contributed by atoms with Crippen molar-refractivity contribution in [2.45, 2.75) is 6.92 Å². The average Bonchev–Trinajstić information content (AvgIpc) is 1.99. The van der Waals surface area contributed by atoms with Crippen molar-refractivity contribution < 1.29 is 4.18 Å². The van der Waals surface area contributed by atoms with Crippen LogP contribution in [0, 0.1) is 0 Å². The van der Waals surface area contributed by atoms with Crippen LogP contribution in [0.25, 0.3) is 0 Å². The highest BCUT2D eigenvalue weighted by Crippen LogP contribution is 2.52. The van der Waals surface area contributed by atoms with E-state index in [0.717, 1.165) is 19.7 Å². The standard InChI is InChI=1S/C7H19NOS2/c1-5-8-6-7-9-11(3,4)10-2/h8H,5-7H2,1-4H3. The van der Waals surface area contributed by atoms with Crippen LogP contribution in [-0.4, -0.2) is 38.5 Å². The maximum atomic E-state index is 5.66. The summed E-state index contributed by atoms with van der Waals surface area (Å²) in [5.41, 5.74) is 0. The molecule has 0 aromatic rings. The fraction of sp³-hybridized carbons (Fsp3) is 1.00. The molecule has 0 spiro atoms. The molecule has 0 aliphatic carbocycles. The van der Waals surface area contributed by atoms with Gasteiger partial charge >= 0.3 is 0 Å². The normalized spacial score (nSPS) is 13.5. The molecule has 0 rings (SSSR count). The lowest BCUT2D eigenvalue weighted by Gasteiger charge is -2.28. The third-order valence-electron chi connectivity index (χ3n) is 1.30. The van der Waals surface area contributed by atoms with Crippen molar-refractivity contribution in [3.05, 3.63) is 0 Å². The molecule has 0 amide bonds. The Kier molecular flexibility index (Phi) is 6.52. The van der Waals surface area contributed by atoms with Crippen LogP contribution in [0.1, 0.15) is 6.92 Å². The van der Waals surface area contributed by atoms with E-state index in [1.54, 1.807) is 0 Å². The van der Waals surface area contributed by atoms with Crippen LogP contribution >= 0.6 is 20.1 Å². The van der Waals surface area contributed by atoms with Crippen LogP contribution in [0.15, 0.2) is 0 Å². The predicted molar refractivity (Wildman–Crippen MR) is 57.4 cm³/mol. The lowest BCUT2D eigenvalue weighted by Crippen LogP contribution is -2.19. The lowest BCUT2D eigenvalue weighted by atomic mass is 10.6. The topological polar surface area (TPSA) is 21.3 Å². The van der Waals surface area contributed by atoms with Gasteiger partial charge in [0, 0.05) is 6.54 Å². The molecule has 0 saturated heterocycles. The Morgan fingerprint density at radius 1 is 1.45 bits per heavy atom. The molecule has 0 aliphatic rings. The van der Waals surface area contributed by atoms with E-state index in [0.29, 0.717) is 0 Å². The molecule has 70 valence electrons. The first-order valence-corrected chi connectivity index (χ1v) is 7.88. The van der Waals surface area contributed by atoms with E-state index in [1.165, 1.54) is 0 Å². The van der Waals surface area contributed by atoms with Gasteiger partial charge in [0.2, 0.25) is 0 Å².